The van der Waals surface area contributed by atoms with Crippen molar-refractivity contribution in [1.82, 2.24) is 14.5 Å². The van der Waals surface area contributed by atoms with E-state index in [1.165, 1.54) is 6.07 Å². The topological polar surface area (TPSA) is 87.5 Å². The zero-order chi connectivity index (χ0) is 27.5. The van der Waals surface area contributed by atoms with Gasteiger partial charge in [-0.1, -0.05) is 48.8 Å². The van der Waals surface area contributed by atoms with Crippen LogP contribution in [-0.4, -0.2) is 44.0 Å². The average molecular weight is 593 g/mol. The number of likely N-dealkylation sites (tertiary alicyclic amines) is 1. The molecule has 4 heterocycles. The van der Waals surface area contributed by atoms with Crippen LogP contribution in [0.5, 0.6) is 0 Å². The number of halogens is 3. The Hall–Kier alpha value is -3.46. The number of nitrogens with one attached hydrogen (secondary N) is 1. The first-order valence-electron chi connectivity index (χ1n) is 13.3. The molecule has 1 aliphatic carbocycles. The van der Waals surface area contributed by atoms with E-state index in [9.17, 15) is 14.7 Å². The minimum Gasteiger partial charge on any atom is -0.478 e. The highest BCUT2D eigenvalue weighted by molar-refractivity contribution is 6.31. The standard InChI is InChI=1S/C30H23Cl2FN4O3.CH4/c31-16-7-8-18-20(11-16)35-29(40)30(18)25(17-2-1-3-19(32)26(17)33)24-23(37(30)12-14-4-5-14)13-36-22-9-6-15(28(38)39)10-21(22)34-27(24)36;/h1-3,6-11,14,23-25H,4-5,12-13H2,(H,35,40)(H,38,39);1H4/t23-,24+,25-,30+;/m0./s1. The van der Waals surface area contributed by atoms with Gasteiger partial charge in [0.15, 0.2) is 0 Å². The average Bonchev–Trinajstić information content (AvgIpc) is 3.37. The first kappa shape index (κ1) is 26.4. The Morgan fingerprint density at radius 3 is 2.71 bits per heavy atom. The zero-order valence-corrected chi connectivity index (χ0v) is 22.6. The summed E-state index contributed by atoms with van der Waals surface area (Å²) in [5.74, 6) is -1.60. The van der Waals surface area contributed by atoms with E-state index in [1.807, 2.05) is 6.07 Å². The maximum absolute atomic E-state index is 16.0. The summed E-state index contributed by atoms with van der Waals surface area (Å²) in [4.78, 5) is 33.3. The predicted octanol–water partition coefficient (Wildman–Crippen LogP) is 6.64. The third-order valence-corrected chi connectivity index (χ3v) is 9.75. The highest BCUT2D eigenvalue weighted by atomic mass is 35.5. The second-order valence-corrected chi connectivity index (χ2v) is 12.2. The number of aromatic carboxylic acids is 1. The summed E-state index contributed by atoms with van der Waals surface area (Å²) in [5, 5.41) is 13.1. The number of carboxylic acids is 1. The van der Waals surface area contributed by atoms with Crippen LogP contribution in [0, 0.1) is 11.7 Å². The van der Waals surface area contributed by atoms with Crippen molar-refractivity contribution in [3.63, 3.8) is 0 Å². The molecule has 3 aliphatic heterocycles. The summed E-state index contributed by atoms with van der Waals surface area (Å²) >= 11 is 12.7. The van der Waals surface area contributed by atoms with Crippen molar-refractivity contribution < 1.29 is 19.1 Å². The second kappa shape index (κ2) is 9.02. The molecule has 0 bridgehead atoms. The maximum atomic E-state index is 16.0. The van der Waals surface area contributed by atoms with Crippen LogP contribution in [0.2, 0.25) is 10.0 Å². The quantitative estimate of drug-likeness (QED) is 0.277. The van der Waals surface area contributed by atoms with Gasteiger partial charge in [0.1, 0.15) is 17.2 Å². The van der Waals surface area contributed by atoms with Crippen molar-refractivity contribution in [1.29, 1.82) is 0 Å². The third-order valence-electron chi connectivity index (χ3n) is 9.22. The lowest BCUT2D eigenvalue weighted by Crippen LogP contribution is -2.53. The Labute approximate surface area is 245 Å². The van der Waals surface area contributed by atoms with Gasteiger partial charge < -0.3 is 15.0 Å². The van der Waals surface area contributed by atoms with Gasteiger partial charge in [0.25, 0.3) is 0 Å². The fourth-order valence-electron chi connectivity index (χ4n) is 7.49. The Morgan fingerprint density at radius 1 is 1.15 bits per heavy atom. The smallest absolute Gasteiger partial charge is 0.335 e. The summed E-state index contributed by atoms with van der Waals surface area (Å²) < 4.78 is 18.1. The lowest BCUT2D eigenvalue weighted by Gasteiger charge is -2.40. The Morgan fingerprint density at radius 2 is 1.95 bits per heavy atom. The number of carboxylic acid groups (broad SMARTS) is 1. The van der Waals surface area contributed by atoms with E-state index in [-0.39, 0.29) is 35.9 Å². The van der Waals surface area contributed by atoms with Gasteiger partial charge in [0.05, 0.1) is 21.6 Å². The molecule has 1 aromatic heterocycles. The lowest BCUT2D eigenvalue weighted by atomic mass is 9.71. The molecule has 3 aromatic carbocycles. The minimum atomic E-state index is -1.20. The molecule has 0 unspecified atom stereocenters. The van der Waals surface area contributed by atoms with Gasteiger partial charge in [-0.3, -0.25) is 9.69 Å². The maximum Gasteiger partial charge on any atom is 0.335 e. The first-order valence-corrected chi connectivity index (χ1v) is 14.1. The van der Waals surface area contributed by atoms with Gasteiger partial charge in [-0.05, 0) is 60.7 Å². The number of aromatic nitrogens is 2. The van der Waals surface area contributed by atoms with E-state index in [2.05, 4.69) is 14.8 Å². The molecule has 1 amide bonds. The SMILES string of the molecule is C.O=C(O)c1ccc2c(c1)nc1n2C[C@H]2[C@@H]1[C@H](c1cccc(Cl)c1F)[C@]1(C(=O)Nc3cc(Cl)ccc31)N2CC1CC1. The van der Waals surface area contributed by atoms with Crippen LogP contribution < -0.4 is 5.32 Å². The molecular formula is C31H27Cl2FN4O3. The summed E-state index contributed by atoms with van der Waals surface area (Å²) in [7, 11) is 0. The highest BCUT2D eigenvalue weighted by Crippen LogP contribution is 2.65. The minimum absolute atomic E-state index is 0. The van der Waals surface area contributed by atoms with E-state index in [0.29, 0.717) is 40.8 Å². The van der Waals surface area contributed by atoms with E-state index in [0.717, 1.165) is 29.7 Å². The fourth-order valence-corrected chi connectivity index (χ4v) is 7.84. The number of carbonyl (C=O) groups excluding carboxylic acids is 1. The number of imidazole rings is 1. The van der Waals surface area contributed by atoms with E-state index >= 15 is 4.39 Å². The largest absolute Gasteiger partial charge is 0.478 e. The number of amides is 1. The first-order chi connectivity index (χ1) is 19.3. The zero-order valence-electron chi connectivity index (χ0n) is 21.1. The van der Waals surface area contributed by atoms with Crippen molar-refractivity contribution in [2.45, 2.75) is 50.2 Å². The fraction of sp³-hybridized carbons (Fsp3) is 0.323. The van der Waals surface area contributed by atoms with Crippen LogP contribution in [0.25, 0.3) is 11.0 Å². The van der Waals surface area contributed by atoms with Crippen LogP contribution in [-0.2, 0) is 16.9 Å². The van der Waals surface area contributed by atoms with Gasteiger partial charge in [0.2, 0.25) is 5.91 Å². The number of fused-ring (bicyclic) bond motifs is 7. The van der Waals surface area contributed by atoms with Crippen LogP contribution in [0.1, 0.15) is 59.4 Å². The molecular weight excluding hydrogens is 566 g/mol. The molecule has 10 heteroatoms. The summed E-state index contributed by atoms with van der Waals surface area (Å²) in [5.41, 5.74) is 2.11. The number of hydrogen-bond donors (Lipinski definition) is 2. The molecule has 1 saturated carbocycles. The van der Waals surface area contributed by atoms with E-state index < -0.39 is 23.2 Å². The molecule has 1 saturated heterocycles. The molecule has 1 spiro atoms. The Balaban J connectivity index is 0.00000276. The summed E-state index contributed by atoms with van der Waals surface area (Å²) in [6, 6.07) is 15.2. The van der Waals surface area contributed by atoms with Gasteiger partial charge in [-0.25, -0.2) is 14.2 Å². The number of benzene rings is 3. The Kier molecular flexibility index (Phi) is 5.82. The number of anilines is 1. The van der Waals surface area contributed by atoms with Crippen LogP contribution in [0.3, 0.4) is 0 Å². The molecule has 4 aromatic rings. The van der Waals surface area contributed by atoms with Gasteiger partial charge in [-0.2, -0.15) is 0 Å². The highest BCUT2D eigenvalue weighted by Gasteiger charge is 2.69. The predicted molar refractivity (Wildman–Crippen MR) is 155 cm³/mol. The molecule has 7 nitrogen and oxygen atoms in total. The lowest BCUT2D eigenvalue weighted by molar-refractivity contribution is -0.128. The molecule has 210 valence electrons. The van der Waals surface area contributed by atoms with Crippen molar-refractivity contribution in [3.05, 3.63) is 93.0 Å². The normalized spacial score (nSPS) is 26.1. The number of rotatable bonds is 4. The molecule has 0 radical (unpaired) electrons. The second-order valence-electron chi connectivity index (χ2n) is 11.3. The molecule has 2 N–H and O–H groups in total. The molecule has 4 atom stereocenters. The van der Waals surface area contributed by atoms with E-state index in [1.54, 1.807) is 42.5 Å². The van der Waals surface area contributed by atoms with Gasteiger partial charge in [0, 0.05) is 47.2 Å². The number of carbonyl (C=O) groups is 2. The molecule has 41 heavy (non-hydrogen) atoms. The molecule has 4 aliphatic rings. The van der Waals surface area contributed by atoms with Crippen LogP contribution >= 0.6 is 23.2 Å². The molecule has 2 fully saturated rings. The molecule has 8 rings (SSSR count). The van der Waals surface area contributed by atoms with Gasteiger partial charge in [-0.15, -0.1) is 0 Å². The number of nitrogens with zero attached hydrogens (tertiary/aromatic N) is 3. The summed E-state index contributed by atoms with van der Waals surface area (Å²) in [6.07, 6.45) is 2.17. The van der Waals surface area contributed by atoms with Crippen molar-refractivity contribution in [2.24, 2.45) is 5.92 Å². The monoisotopic (exact) mass is 592 g/mol. The summed E-state index contributed by atoms with van der Waals surface area (Å²) in [6.45, 7) is 1.24. The van der Waals surface area contributed by atoms with Gasteiger partial charge >= 0.3 is 5.97 Å². The van der Waals surface area contributed by atoms with Crippen molar-refractivity contribution >= 4 is 51.8 Å². The Bertz CT molecular complexity index is 1790. The van der Waals surface area contributed by atoms with E-state index in [4.69, 9.17) is 28.2 Å². The van der Waals surface area contributed by atoms with Crippen molar-refractivity contribution in [3.8, 4) is 0 Å². The van der Waals surface area contributed by atoms with Crippen molar-refractivity contribution in [2.75, 3.05) is 11.9 Å². The van der Waals surface area contributed by atoms with Crippen LogP contribution in [0.4, 0.5) is 10.1 Å². The number of hydrogen-bond acceptors (Lipinski definition) is 4. The van der Waals surface area contributed by atoms with Crippen LogP contribution in [0.15, 0.2) is 54.6 Å². The third kappa shape index (κ3) is 3.50.